The molecule has 3 nitrogen and oxygen atoms in total. The lowest BCUT2D eigenvalue weighted by molar-refractivity contribution is 0.324. The van der Waals surface area contributed by atoms with Gasteiger partial charge in [0.15, 0.2) is 0 Å². The minimum atomic E-state index is 0.657. The van der Waals surface area contributed by atoms with E-state index in [0.717, 1.165) is 17.2 Å². The first-order valence-electron chi connectivity index (χ1n) is 4.89. The molecule has 0 aromatic heterocycles. The van der Waals surface area contributed by atoms with Crippen molar-refractivity contribution in [3.05, 3.63) is 18.2 Å². The second-order valence-electron chi connectivity index (χ2n) is 2.77. The first-order chi connectivity index (χ1) is 6.81. The molecule has 0 spiro atoms. The predicted octanol–water partition coefficient (Wildman–Crippen LogP) is 2.53. The molecule has 1 rings (SSSR count). The average Bonchev–Trinajstić information content (AvgIpc) is 2.19. The van der Waals surface area contributed by atoms with Crippen LogP contribution in [0.25, 0.3) is 0 Å². The molecule has 0 unspecified atom stereocenters. The summed E-state index contributed by atoms with van der Waals surface area (Å²) in [5.74, 6) is 1.68. The average molecular weight is 195 g/mol. The normalized spacial score (nSPS) is 9.64. The Balaban J connectivity index is 2.88. The van der Waals surface area contributed by atoms with Crippen LogP contribution in [0.15, 0.2) is 18.2 Å². The summed E-state index contributed by atoms with van der Waals surface area (Å²) in [4.78, 5) is 0. The molecule has 0 saturated carbocycles. The number of hydrogen-bond donors (Lipinski definition) is 1. The highest BCUT2D eigenvalue weighted by molar-refractivity contribution is 5.58. The van der Waals surface area contributed by atoms with Crippen LogP contribution >= 0.6 is 0 Å². The minimum absolute atomic E-state index is 0.657. The van der Waals surface area contributed by atoms with Gasteiger partial charge in [0.25, 0.3) is 0 Å². The summed E-state index contributed by atoms with van der Waals surface area (Å²) in [5.41, 5.74) is 0.982. The molecule has 0 aliphatic rings. The zero-order valence-electron chi connectivity index (χ0n) is 8.96. The summed E-state index contributed by atoms with van der Waals surface area (Å²) in [5, 5.41) is 3.07. The van der Waals surface area contributed by atoms with Gasteiger partial charge in [-0.1, -0.05) is 0 Å². The SMILES string of the molecule is CCOc1ccc(NC)c(OCC)c1. The summed E-state index contributed by atoms with van der Waals surface area (Å²) in [7, 11) is 1.87. The van der Waals surface area contributed by atoms with Gasteiger partial charge in [0.05, 0.1) is 18.9 Å². The van der Waals surface area contributed by atoms with Gasteiger partial charge in [-0.15, -0.1) is 0 Å². The summed E-state index contributed by atoms with van der Waals surface area (Å²) in [6.45, 7) is 5.26. The molecule has 3 heteroatoms. The Hall–Kier alpha value is -1.38. The molecule has 1 aromatic carbocycles. The van der Waals surface area contributed by atoms with E-state index in [0.29, 0.717) is 13.2 Å². The smallest absolute Gasteiger partial charge is 0.146 e. The molecule has 0 aliphatic heterocycles. The van der Waals surface area contributed by atoms with Gasteiger partial charge < -0.3 is 14.8 Å². The van der Waals surface area contributed by atoms with Crippen LogP contribution in [0.2, 0.25) is 0 Å². The topological polar surface area (TPSA) is 30.5 Å². The van der Waals surface area contributed by atoms with Crippen LogP contribution in [0.4, 0.5) is 5.69 Å². The highest BCUT2D eigenvalue weighted by Crippen LogP contribution is 2.28. The summed E-state index contributed by atoms with van der Waals surface area (Å²) in [6, 6.07) is 5.78. The molecule has 0 radical (unpaired) electrons. The number of anilines is 1. The van der Waals surface area contributed by atoms with Crippen molar-refractivity contribution in [1.29, 1.82) is 0 Å². The summed E-state index contributed by atoms with van der Waals surface area (Å²) >= 11 is 0. The van der Waals surface area contributed by atoms with Crippen molar-refractivity contribution in [2.45, 2.75) is 13.8 Å². The van der Waals surface area contributed by atoms with E-state index in [4.69, 9.17) is 9.47 Å². The van der Waals surface area contributed by atoms with Crippen molar-refractivity contribution in [2.24, 2.45) is 0 Å². The first kappa shape index (κ1) is 10.7. The summed E-state index contributed by atoms with van der Waals surface area (Å²) < 4.78 is 10.9. The summed E-state index contributed by atoms with van der Waals surface area (Å²) in [6.07, 6.45) is 0. The van der Waals surface area contributed by atoms with Crippen molar-refractivity contribution in [3.63, 3.8) is 0 Å². The fraction of sp³-hybridized carbons (Fsp3) is 0.455. The van der Waals surface area contributed by atoms with E-state index in [-0.39, 0.29) is 0 Å². The van der Waals surface area contributed by atoms with Gasteiger partial charge in [-0.25, -0.2) is 0 Å². The molecule has 14 heavy (non-hydrogen) atoms. The Morgan fingerprint density at radius 2 is 1.86 bits per heavy atom. The van der Waals surface area contributed by atoms with Crippen molar-refractivity contribution in [3.8, 4) is 11.5 Å². The van der Waals surface area contributed by atoms with E-state index >= 15 is 0 Å². The van der Waals surface area contributed by atoms with Crippen LogP contribution in [0.5, 0.6) is 11.5 Å². The second kappa shape index (κ2) is 5.37. The lowest BCUT2D eigenvalue weighted by Crippen LogP contribution is -1.99. The fourth-order valence-electron chi connectivity index (χ4n) is 1.24. The standard InChI is InChI=1S/C11H17NO2/c1-4-13-9-6-7-10(12-3)11(8-9)14-5-2/h6-8,12H,4-5H2,1-3H3. The van der Waals surface area contributed by atoms with Gasteiger partial charge in [0, 0.05) is 13.1 Å². The van der Waals surface area contributed by atoms with E-state index in [2.05, 4.69) is 5.32 Å². The number of hydrogen-bond acceptors (Lipinski definition) is 3. The van der Waals surface area contributed by atoms with Crippen LogP contribution in [0.3, 0.4) is 0 Å². The molecule has 0 saturated heterocycles. The van der Waals surface area contributed by atoms with E-state index in [9.17, 15) is 0 Å². The van der Waals surface area contributed by atoms with Crippen molar-refractivity contribution in [1.82, 2.24) is 0 Å². The number of nitrogens with one attached hydrogen (secondary N) is 1. The lowest BCUT2D eigenvalue weighted by atomic mass is 10.2. The molecule has 0 amide bonds. The maximum Gasteiger partial charge on any atom is 0.146 e. The Kier molecular flexibility index (Phi) is 4.11. The van der Waals surface area contributed by atoms with Gasteiger partial charge in [0.2, 0.25) is 0 Å². The largest absolute Gasteiger partial charge is 0.494 e. The minimum Gasteiger partial charge on any atom is -0.494 e. The molecular weight excluding hydrogens is 178 g/mol. The van der Waals surface area contributed by atoms with Gasteiger partial charge in [-0.3, -0.25) is 0 Å². The second-order valence-corrected chi connectivity index (χ2v) is 2.77. The predicted molar refractivity (Wildman–Crippen MR) is 58.3 cm³/mol. The number of rotatable bonds is 5. The quantitative estimate of drug-likeness (QED) is 0.783. The number of benzene rings is 1. The molecule has 0 fully saturated rings. The van der Waals surface area contributed by atoms with Gasteiger partial charge in [-0.05, 0) is 26.0 Å². The maximum atomic E-state index is 5.47. The lowest BCUT2D eigenvalue weighted by Gasteiger charge is -2.11. The monoisotopic (exact) mass is 195 g/mol. The van der Waals surface area contributed by atoms with Gasteiger partial charge in [0.1, 0.15) is 11.5 Å². The number of ether oxygens (including phenoxy) is 2. The van der Waals surface area contributed by atoms with Crippen molar-refractivity contribution in [2.75, 3.05) is 25.6 Å². The van der Waals surface area contributed by atoms with Crippen molar-refractivity contribution >= 4 is 5.69 Å². The van der Waals surface area contributed by atoms with E-state index in [1.165, 1.54) is 0 Å². The Bertz CT molecular complexity index is 287. The molecular formula is C11H17NO2. The van der Waals surface area contributed by atoms with Crippen LogP contribution in [-0.4, -0.2) is 20.3 Å². The van der Waals surface area contributed by atoms with Crippen LogP contribution in [0, 0.1) is 0 Å². The zero-order valence-corrected chi connectivity index (χ0v) is 8.96. The van der Waals surface area contributed by atoms with Crippen LogP contribution in [-0.2, 0) is 0 Å². The van der Waals surface area contributed by atoms with Crippen LogP contribution in [0.1, 0.15) is 13.8 Å². The van der Waals surface area contributed by atoms with Gasteiger partial charge in [-0.2, -0.15) is 0 Å². The van der Waals surface area contributed by atoms with Gasteiger partial charge >= 0.3 is 0 Å². The molecule has 1 aromatic rings. The highest BCUT2D eigenvalue weighted by Gasteiger charge is 2.03. The van der Waals surface area contributed by atoms with E-state index in [1.54, 1.807) is 0 Å². The Morgan fingerprint density at radius 3 is 2.43 bits per heavy atom. The highest BCUT2D eigenvalue weighted by atomic mass is 16.5. The third-order valence-electron chi connectivity index (χ3n) is 1.83. The third-order valence-corrected chi connectivity index (χ3v) is 1.83. The molecule has 0 bridgehead atoms. The Morgan fingerprint density at radius 1 is 1.14 bits per heavy atom. The van der Waals surface area contributed by atoms with Crippen molar-refractivity contribution < 1.29 is 9.47 Å². The zero-order chi connectivity index (χ0) is 10.4. The first-order valence-corrected chi connectivity index (χ1v) is 4.89. The molecule has 1 N–H and O–H groups in total. The molecule has 78 valence electrons. The molecule has 0 heterocycles. The maximum absolute atomic E-state index is 5.47. The molecule has 0 atom stereocenters. The van der Waals surface area contributed by atoms with E-state index in [1.807, 2.05) is 39.1 Å². The fourth-order valence-corrected chi connectivity index (χ4v) is 1.24. The third kappa shape index (κ3) is 2.55. The molecule has 0 aliphatic carbocycles. The Labute approximate surface area is 85.0 Å². The van der Waals surface area contributed by atoms with E-state index < -0.39 is 0 Å². The van der Waals surface area contributed by atoms with Crippen LogP contribution < -0.4 is 14.8 Å².